The van der Waals surface area contributed by atoms with E-state index in [-0.39, 0.29) is 0 Å². The van der Waals surface area contributed by atoms with Crippen LogP contribution in [-0.4, -0.2) is 61.1 Å². The predicted molar refractivity (Wildman–Crippen MR) is 132 cm³/mol. The van der Waals surface area contributed by atoms with E-state index in [1.165, 1.54) is 19.3 Å². The molecule has 0 aliphatic carbocycles. The molecule has 0 spiro atoms. The van der Waals surface area contributed by atoms with E-state index in [2.05, 4.69) is 33.4 Å². The molecule has 3 heterocycles. The van der Waals surface area contributed by atoms with Crippen LogP contribution in [0.3, 0.4) is 0 Å². The van der Waals surface area contributed by atoms with Gasteiger partial charge >= 0.3 is 0 Å². The predicted octanol–water partition coefficient (Wildman–Crippen LogP) is 3.19. The minimum absolute atomic E-state index is 0.462. The van der Waals surface area contributed by atoms with Gasteiger partial charge in [-0.25, -0.2) is 0 Å². The summed E-state index contributed by atoms with van der Waals surface area (Å²) < 4.78 is 10.7. The summed E-state index contributed by atoms with van der Waals surface area (Å²) in [6.45, 7) is 6.96. The zero-order chi connectivity index (χ0) is 22.3. The molecule has 1 aromatic carbocycles. The molecule has 0 bridgehead atoms. The third-order valence-corrected chi connectivity index (χ3v) is 6.22. The van der Waals surface area contributed by atoms with Crippen molar-refractivity contribution in [2.75, 3.05) is 55.1 Å². The van der Waals surface area contributed by atoms with E-state index >= 15 is 0 Å². The van der Waals surface area contributed by atoms with Gasteiger partial charge in [-0.05, 0) is 56.1 Å². The van der Waals surface area contributed by atoms with E-state index in [4.69, 9.17) is 31.7 Å². The molecule has 9 heteroatoms. The Balaban J connectivity index is 1.48. The van der Waals surface area contributed by atoms with E-state index in [9.17, 15) is 0 Å². The van der Waals surface area contributed by atoms with Gasteiger partial charge < -0.3 is 29.9 Å². The summed E-state index contributed by atoms with van der Waals surface area (Å²) >= 11 is 5.53. The average molecular weight is 457 g/mol. The normalized spacial score (nSPS) is 18.9. The van der Waals surface area contributed by atoms with Crippen LogP contribution in [0.15, 0.2) is 30.3 Å². The SMILES string of the molecule is COc1ccc(CNC(=S)Nc2nc(N3CCOCC3)cc(N3CCCC[C@H]3C)n2)cc1. The first-order valence-electron chi connectivity index (χ1n) is 11.3. The zero-order valence-corrected chi connectivity index (χ0v) is 19.7. The summed E-state index contributed by atoms with van der Waals surface area (Å²) in [5.74, 6) is 3.22. The van der Waals surface area contributed by atoms with Gasteiger partial charge in [-0.15, -0.1) is 0 Å². The van der Waals surface area contributed by atoms with Gasteiger partial charge in [0.25, 0.3) is 0 Å². The van der Waals surface area contributed by atoms with Gasteiger partial charge in [0.2, 0.25) is 5.95 Å². The van der Waals surface area contributed by atoms with Gasteiger partial charge in [0, 0.05) is 38.3 Å². The van der Waals surface area contributed by atoms with Crippen LogP contribution in [0.5, 0.6) is 5.75 Å². The lowest BCUT2D eigenvalue weighted by Crippen LogP contribution is -2.40. The molecule has 8 nitrogen and oxygen atoms in total. The third kappa shape index (κ3) is 5.77. The van der Waals surface area contributed by atoms with Crippen molar-refractivity contribution in [2.45, 2.75) is 38.8 Å². The van der Waals surface area contributed by atoms with Crippen molar-refractivity contribution in [2.24, 2.45) is 0 Å². The summed E-state index contributed by atoms with van der Waals surface area (Å²) in [5.41, 5.74) is 1.11. The summed E-state index contributed by atoms with van der Waals surface area (Å²) in [6, 6.07) is 10.5. The van der Waals surface area contributed by atoms with Crippen LogP contribution in [0.1, 0.15) is 31.7 Å². The van der Waals surface area contributed by atoms with E-state index in [0.717, 1.165) is 42.6 Å². The largest absolute Gasteiger partial charge is 0.497 e. The Kier molecular flexibility index (Phi) is 7.59. The molecule has 0 unspecified atom stereocenters. The van der Waals surface area contributed by atoms with Crippen molar-refractivity contribution in [1.82, 2.24) is 15.3 Å². The molecule has 4 rings (SSSR count). The molecule has 0 saturated carbocycles. The number of ether oxygens (including phenoxy) is 2. The van der Waals surface area contributed by atoms with Crippen molar-refractivity contribution in [3.05, 3.63) is 35.9 Å². The number of hydrogen-bond acceptors (Lipinski definition) is 7. The van der Waals surface area contributed by atoms with Crippen LogP contribution in [-0.2, 0) is 11.3 Å². The second-order valence-electron chi connectivity index (χ2n) is 8.20. The number of anilines is 3. The molecule has 32 heavy (non-hydrogen) atoms. The number of morpholine rings is 1. The van der Waals surface area contributed by atoms with E-state index in [1.807, 2.05) is 24.3 Å². The first-order valence-corrected chi connectivity index (χ1v) is 11.7. The number of rotatable bonds is 6. The van der Waals surface area contributed by atoms with E-state index in [1.54, 1.807) is 7.11 Å². The number of nitrogens with one attached hydrogen (secondary N) is 2. The average Bonchev–Trinajstić information content (AvgIpc) is 2.83. The molecule has 1 aromatic heterocycles. The van der Waals surface area contributed by atoms with Gasteiger partial charge in [0.15, 0.2) is 5.11 Å². The van der Waals surface area contributed by atoms with Crippen molar-refractivity contribution >= 4 is 34.9 Å². The monoisotopic (exact) mass is 456 g/mol. The molecule has 0 radical (unpaired) electrons. The zero-order valence-electron chi connectivity index (χ0n) is 18.8. The topological polar surface area (TPSA) is 74.8 Å². The number of hydrogen-bond donors (Lipinski definition) is 2. The molecule has 0 amide bonds. The molecule has 1 atom stereocenters. The van der Waals surface area contributed by atoms with Crippen LogP contribution < -0.4 is 25.2 Å². The van der Waals surface area contributed by atoms with E-state index < -0.39 is 0 Å². The van der Waals surface area contributed by atoms with Gasteiger partial charge in [0.05, 0.1) is 20.3 Å². The van der Waals surface area contributed by atoms with Crippen molar-refractivity contribution in [3.8, 4) is 5.75 Å². The molecule has 2 N–H and O–H groups in total. The van der Waals surface area contributed by atoms with E-state index in [0.29, 0.717) is 36.9 Å². The van der Waals surface area contributed by atoms with Crippen LogP contribution in [0.2, 0.25) is 0 Å². The van der Waals surface area contributed by atoms with Crippen LogP contribution >= 0.6 is 12.2 Å². The maximum absolute atomic E-state index is 5.53. The van der Waals surface area contributed by atoms with Gasteiger partial charge in [0.1, 0.15) is 17.4 Å². The number of thiocarbonyl (C=S) groups is 1. The molecule has 2 fully saturated rings. The Bertz CT molecular complexity index is 904. The second-order valence-corrected chi connectivity index (χ2v) is 8.61. The van der Waals surface area contributed by atoms with Crippen molar-refractivity contribution in [1.29, 1.82) is 0 Å². The first-order chi connectivity index (χ1) is 15.6. The highest BCUT2D eigenvalue weighted by Gasteiger charge is 2.23. The smallest absolute Gasteiger partial charge is 0.232 e. The summed E-state index contributed by atoms with van der Waals surface area (Å²) in [7, 11) is 1.66. The maximum Gasteiger partial charge on any atom is 0.232 e. The summed E-state index contributed by atoms with van der Waals surface area (Å²) in [4.78, 5) is 14.2. The Morgan fingerprint density at radius 3 is 2.59 bits per heavy atom. The Labute approximate surface area is 195 Å². The van der Waals surface area contributed by atoms with Crippen molar-refractivity contribution in [3.63, 3.8) is 0 Å². The maximum atomic E-state index is 5.53. The fraction of sp³-hybridized carbons (Fsp3) is 0.522. The number of benzene rings is 1. The fourth-order valence-electron chi connectivity index (χ4n) is 4.09. The molecule has 2 saturated heterocycles. The van der Waals surface area contributed by atoms with Crippen LogP contribution in [0.4, 0.5) is 17.6 Å². The lowest BCUT2D eigenvalue weighted by atomic mass is 10.0. The van der Waals surface area contributed by atoms with Crippen molar-refractivity contribution < 1.29 is 9.47 Å². The van der Waals surface area contributed by atoms with Gasteiger partial charge in [-0.1, -0.05) is 12.1 Å². The minimum Gasteiger partial charge on any atom is -0.497 e. The number of nitrogens with zero attached hydrogens (tertiary/aromatic N) is 4. The quantitative estimate of drug-likeness (QED) is 0.638. The lowest BCUT2D eigenvalue weighted by molar-refractivity contribution is 0.122. The Morgan fingerprint density at radius 2 is 1.88 bits per heavy atom. The minimum atomic E-state index is 0.462. The second kappa shape index (κ2) is 10.8. The first kappa shape index (κ1) is 22.5. The Hall–Kier alpha value is -2.65. The van der Waals surface area contributed by atoms with Crippen LogP contribution in [0.25, 0.3) is 0 Å². The van der Waals surface area contributed by atoms with Gasteiger partial charge in [-0.3, -0.25) is 0 Å². The molecule has 2 aliphatic rings. The molecular weight excluding hydrogens is 424 g/mol. The number of piperidine rings is 1. The number of methoxy groups -OCH3 is 1. The van der Waals surface area contributed by atoms with Crippen LogP contribution in [0, 0.1) is 0 Å². The molecular formula is C23H32N6O2S. The number of aromatic nitrogens is 2. The third-order valence-electron chi connectivity index (χ3n) is 5.97. The highest BCUT2D eigenvalue weighted by molar-refractivity contribution is 7.80. The molecule has 2 aromatic rings. The van der Waals surface area contributed by atoms with Gasteiger partial charge in [-0.2, -0.15) is 9.97 Å². The highest BCUT2D eigenvalue weighted by Crippen LogP contribution is 2.27. The highest BCUT2D eigenvalue weighted by atomic mass is 32.1. The lowest BCUT2D eigenvalue weighted by Gasteiger charge is -2.35. The molecule has 2 aliphatic heterocycles. The summed E-state index contributed by atoms with van der Waals surface area (Å²) in [5, 5.41) is 6.94. The standard InChI is InChI=1S/C23H32N6O2S/c1-17-5-3-4-10-29(17)21-15-20(28-11-13-31-14-12-28)25-22(26-21)27-23(32)24-16-18-6-8-19(30-2)9-7-18/h6-9,15,17H,3-5,10-14,16H2,1-2H3,(H2,24,25,26,27,32)/t17-/m1/s1. The molecule has 172 valence electrons. The summed E-state index contributed by atoms with van der Waals surface area (Å²) in [6.07, 6.45) is 3.64. The fourth-order valence-corrected chi connectivity index (χ4v) is 4.25. The Morgan fingerprint density at radius 1 is 1.12 bits per heavy atom.